The quantitative estimate of drug-likeness (QED) is 0.307. The van der Waals surface area contributed by atoms with Gasteiger partial charge in [-0.3, -0.25) is 0 Å². The van der Waals surface area contributed by atoms with Crippen molar-refractivity contribution in [1.29, 1.82) is 0 Å². The first kappa shape index (κ1) is 32.7. The van der Waals surface area contributed by atoms with E-state index in [0.29, 0.717) is 35.8 Å². The number of benzene rings is 1. The van der Waals surface area contributed by atoms with Gasteiger partial charge >= 0.3 is 6.09 Å². The van der Waals surface area contributed by atoms with Crippen LogP contribution in [-0.4, -0.2) is 55.6 Å². The highest BCUT2D eigenvalue weighted by Gasteiger charge is 2.65. The molecule has 4 saturated carbocycles. The molecule has 2 saturated heterocycles. The fourth-order valence-corrected chi connectivity index (χ4v) is 13.5. The Morgan fingerprint density at radius 2 is 1.57 bits per heavy atom. The van der Waals surface area contributed by atoms with Crippen molar-refractivity contribution in [3.8, 4) is 0 Å². The fraction of sp³-hybridized carbons (Fsp3) is 0.811. The van der Waals surface area contributed by atoms with Gasteiger partial charge in [0.1, 0.15) is 0 Å². The van der Waals surface area contributed by atoms with E-state index in [2.05, 4.69) is 37.3 Å². The van der Waals surface area contributed by atoms with Gasteiger partial charge in [0.05, 0.1) is 23.7 Å². The number of hydrogen-bond donors (Lipinski definition) is 3. The van der Waals surface area contributed by atoms with Crippen LogP contribution >= 0.6 is 0 Å². The molecule has 9 heteroatoms. The Morgan fingerprint density at radius 3 is 2.22 bits per heavy atom. The second-order valence-electron chi connectivity index (χ2n) is 16.7. The lowest BCUT2D eigenvalue weighted by atomic mass is 9.41. The maximum absolute atomic E-state index is 13.1. The Hall–Kier alpha value is -1.84. The predicted octanol–water partition coefficient (Wildman–Crippen LogP) is 6.50. The standard InChI is InChI=1S/C37H56N2O6S/c1-5-28-32-20-26(40)16-18-37(32,4)31-17-19-36(3)29(14-15-30(36)33(31)34(28)41)22(2)21-45-35(42)38-46(43,44)27-12-10-25(11-13-27)39-23-6-7-24(39)9-8-23/h10-13,22-24,26,28-34,40-41H,5-9,14-21H2,1-4H3,(H,38,42)/t22-,23?,24?,26-,28-,29-,30+,31+,32+,33+,34-,36-,37-/m1/s1. The van der Waals surface area contributed by atoms with Crippen LogP contribution < -0.4 is 9.62 Å². The van der Waals surface area contributed by atoms with Gasteiger partial charge in [0.2, 0.25) is 0 Å². The molecule has 6 aliphatic rings. The summed E-state index contributed by atoms with van der Waals surface area (Å²) in [6.45, 7) is 9.35. The van der Waals surface area contributed by atoms with E-state index in [-0.39, 0.29) is 52.3 Å². The number of carbonyl (C=O) groups is 1. The summed E-state index contributed by atoms with van der Waals surface area (Å²) in [6, 6.07) is 7.99. The number of amides is 1. The van der Waals surface area contributed by atoms with Crippen LogP contribution in [0.5, 0.6) is 0 Å². The number of nitrogens with zero attached hydrogens (tertiary/aromatic N) is 1. The molecule has 1 aromatic rings. The molecular weight excluding hydrogens is 600 g/mol. The molecule has 2 aliphatic heterocycles. The van der Waals surface area contributed by atoms with Crippen molar-refractivity contribution in [3.05, 3.63) is 24.3 Å². The SMILES string of the molecule is CC[C@H]1[C@@H](O)[C@@H]2[C@H](CC[C@]3(C)[C@@H]([C@H](C)COC(=O)NS(=O)(=O)c4ccc(N5C6CCC5CC6)cc4)CC[C@@H]23)[C@@]2(C)CC[C@@H](O)C[C@@H]12. The van der Waals surface area contributed by atoms with E-state index >= 15 is 0 Å². The number of aliphatic hydroxyl groups excluding tert-OH is 2. The second kappa shape index (κ2) is 11.9. The summed E-state index contributed by atoms with van der Waals surface area (Å²) in [5.41, 5.74) is 1.25. The molecule has 8 nitrogen and oxygen atoms in total. The highest BCUT2D eigenvalue weighted by molar-refractivity contribution is 7.90. The van der Waals surface area contributed by atoms with E-state index in [1.54, 1.807) is 12.1 Å². The summed E-state index contributed by atoms with van der Waals surface area (Å²) < 4.78 is 33.8. The number of hydrogen-bond acceptors (Lipinski definition) is 7. The number of anilines is 1. The smallest absolute Gasteiger partial charge is 0.421 e. The molecular formula is C37H56N2O6S. The zero-order valence-electron chi connectivity index (χ0n) is 28.2. The van der Waals surface area contributed by atoms with Crippen LogP contribution in [0.2, 0.25) is 0 Å². The lowest BCUT2D eigenvalue weighted by molar-refractivity contribution is -0.203. The Morgan fingerprint density at radius 1 is 0.935 bits per heavy atom. The van der Waals surface area contributed by atoms with Gasteiger partial charge in [0.25, 0.3) is 10.0 Å². The van der Waals surface area contributed by atoms with E-state index in [4.69, 9.17) is 4.74 Å². The van der Waals surface area contributed by atoms with E-state index in [1.807, 2.05) is 12.1 Å². The van der Waals surface area contributed by atoms with Crippen LogP contribution in [0.25, 0.3) is 0 Å². The Labute approximate surface area is 276 Å². The summed E-state index contributed by atoms with van der Waals surface area (Å²) in [7, 11) is -4.04. The van der Waals surface area contributed by atoms with Crippen LogP contribution in [0, 0.1) is 52.3 Å². The first-order valence-electron chi connectivity index (χ1n) is 18.3. The molecule has 2 heterocycles. The molecule has 256 valence electrons. The summed E-state index contributed by atoms with van der Waals surface area (Å²) in [5, 5.41) is 22.5. The molecule has 1 aromatic carbocycles. The zero-order valence-corrected chi connectivity index (χ0v) is 29.1. The third-order valence-electron chi connectivity index (χ3n) is 14.7. The number of rotatable bonds is 7. The van der Waals surface area contributed by atoms with Crippen LogP contribution in [-0.2, 0) is 14.8 Å². The number of carbonyl (C=O) groups excluding carboxylic acids is 1. The van der Waals surface area contributed by atoms with Crippen LogP contribution in [0.15, 0.2) is 29.2 Å². The minimum Gasteiger partial charge on any atom is -0.449 e. The van der Waals surface area contributed by atoms with Crippen molar-refractivity contribution in [2.75, 3.05) is 11.5 Å². The summed E-state index contributed by atoms with van der Waals surface area (Å²) >= 11 is 0. The molecule has 3 N–H and O–H groups in total. The normalized spacial score (nSPS) is 43.8. The number of nitrogens with one attached hydrogen (secondary N) is 1. The number of sulfonamides is 1. The average molecular weight is 657 g/mol. The van der Waals surface area contributed by atoms with Crippen molar-refractivity contribution >= 4 is 21.8 Å². The maximum atomic E-state index is 13.1. The molecule has 6 fully saturated rings. The first-order valence-corrected chi connectivity index (χ1v) is 19.8. The van der Waals surface area contributed by atoms with Gasteiger partial charge in [-0.05, 0) is 147 Å². The van der Waals surface area contributed by atoms with Gasteiger partial charge in [-0.1, -0.05) is 34.1 Å². The van der Waals surface area contributed by atoms with Crippen molar-refractivity contribution < 1.29 is 28.2 Å². The third kappa shape index (κ3) is 5.20. The molecule has 11 atom stereocenters. The number of fused-ring (bicyclic) bond motifs is 7. The van der Waals surface area contributed by atoms with E-state index in [1.165, 1.54) is 25.7 Å². The third-order valence-corrected chi connectivity index (χ3v) is 16.1. The van der Waals surface area contributed by atoms with Crippen molar-refractivity contribution in [2.24, 2.45) is 52.3 Å². The van der Waals surface area contributed by atoms with E-state index < -0.39 is 16.1 Å². The van der Waals surface area contributed by atoms with Gasteiger partial charge in [-0.2, -0.15) is 0 Å². The van der Waals surface area contributed by atoms with E-state index in [9.17, 15) is 23.4 Å². The molecule has 46 heavy (non-hydrogen) atoms. The van der Waals surface area contributed by atoms with Crippen molar-refractivity contribution in [2.45, 2.75) is 134 Å². The average Bonchev–Trinajstić information content (AvgIpc) is 3.73. The fourth-order valence-electron chi connectivity index (χ4n) is 12.6. The summed E-state index contributed by atoms with van der Waals surface area (Å²) in [4.78, 5) is 15.3. The maximum Gasteiger partial charge on any atom is 0.421 e. The molecule has 0 spiro atoms. The highest BCUT2D eigenvalue weighted by atomic mass is 32.2. The topological polar surface area (TPSA) is 116 Å². The lowest BCUT2D eigenvalue weighted by Gasteiger charge is -2.64. The van der Waals surface area contributed by atoms with Gasteiger partial charge in [-0.25, -0.2) is 17.9 Å². The zero-order chi connectivity index (χ0) is 32.6. The molecule has 0 unspecified atom stereocenters. The largest absolute Gasteiger partial charge is 0.449 e. The van der Waals surface area contributed by atoms with Crippen LogP contribution in [0.1, 0.15) is 105 Å². The Bertz CT molecular complexity index is 1380. The molecule has 4 aliphatic carbocycles. The Balaban J connectivity index is 0.980. The highest BCUT2D eigenvalue weighted by Crippen LogP contribution is 2.69. The summed E-state index contributed by atoms with van der Waals surface area (Å²) in [5.74, 6) is 2.16. The van der Waals surface area contributed by atoms with E-state index in [0.717, 1.165) is 57.1 Å². The minimum atomic E-state index is -4.04. The number of aliphatic hydroxyl groups is 2. The van der Waals surface area contributed by atoms with Crippen LogP contribution in [0.4, 0.5) is 10.5 Å². The first-order chi connectivity index (χ1) is 21.9. The monoisotopic (exact) mass is 656 g/mol. The van der Waals surface area contributed by atoms with Gasteiger partial charge in [0.15, 0.2) is 0 Å². The molecule has 1 amide bonds. The van der Waals surface area contributed by atoms with Gasteiger partial charge in [-0.15, -0.1) is 0 Å². The molecule has 0 aromatic heterocycles. The second-order valence-corrected chi connectivity index (χ2v) is 18.3. The minimum absolute atomic E-state index is 0.0414. The molecule has 0 radical (unpaired) electrons. The van der Waals surface area contributed by atoms with Gasteiger partial charge < -0.3 is 19.8 Å². The molecule has 2 bridgehead atoms. The Kier molecular flexibility index (Phi) is 8.49. The van der Waals surface area contributed by atoms with Gasteiger partial charge in [0, 0.05) is 17.8 Å². The molecule has 7 rings (SSSR count). The van der Waals surface area contributed by atoms with Crippen molar-refractivity contribution in [1.82, 2.24) is 4.72 Å². The lowest BCUT2D eigenvalue weighted by Crippen LogP contribution is -2.62. The van der Waals surface area contributed by atoms with Crippen LogP contribution in [0.3, 0.4) is 0 Å². The van der Waals surface area contributed by atoms with Crippen molar-refractivity contribution in [3.63, 3.8) is 0 Å². The number of ether oxygens (including phenoxy) is 1. The predicted molar refractivity (Wildman–Crippen MR) is 178 cm³/mol. The summed E-state index contributed by atoms with van der Waals surface area (Å²) in [6.07, 6.45) is 11.2.